The SMILES string of the molecule is CC(C)N[C@@H](Cc1ccccc1)C(=O)N[C@@H](CCCN)C(=O)N1CCC[C@H]1C(=O)N[C@@H](CC1CCCCC1)C(=O)N[C@@H](Cc1c[nH]c2ccccc12)C(=O)N[C@@H](Cc1ccccc1)C(N)=O. The van der Waals surface area contributed by atoms with Crippen LogP contribution < -0.4 is 38.1 Å². The molecule has 3 aromatic carbocycles. The van der Waals surface area contributed by atoms with Crippen LogP contribution in [0.4, 0.5) is 0 Å². The highest BCUT2D eigenvalue weighted by molar-refractivity contribution is 5.97. The van der Waals surface area contributed by atoms with Crippen molar-refractivity contribution in [2.24, 2.45) is 17.4 Å². The van der Waals surface area contributed by atoms with Crippen molar-refractivity contribution in [2.75, 3.05) is 13.1 Å². The lowest BCUT2D eigenvalue weighted by atomic mass is 9.84. The summed E-state index contributed by atoms with van der Waals surface area (Å²) in [5.74, 6) is -2.87. The average Bonchev–Trinajstić information content (AvgIpc) is 3.98. The molecule has 0 bridgehead atoms. The number of nitrogens with two attached hydrogens (primary N) is 2. The third-order valence-electron chi connectivity index (χ3n) is 12.9. The molecule has 0 radical (unpaired) electrons. The van der Waals surface area contributed by atoms with Gasteiger partial charge in [0.15, 0.2) is 0 Å². The van der Waals surface area contributed by atoms with E-state index in [0.29, 0.717) is 51.6 Å². The van der Waals surface area contributed by atoms with Crippen LogP contribution in [0.2, 0.25) is 0 Å². The molecule has 2 fully saturated rings. The molecule has 10 N–H and O–H groups in total. The van der Waals surface area contributed by atoms with Crippen LogP contribution in [0.25, 0.3) is 10.9 Å². The Morgan fingerprint density at radius 3 is 1.91 bits per heavy atom. The lowest BCUT2D eigenvalue weighted by Crippen LogP contribution is -2.60. The van der Waals surface area contributed by atoms with Gasteiger partial charge in [-0.25, -0.2) is 0 Å². The minimum atomic E-state index is -1.15. The van der Waals surface area contributed by atoms with Crippen LogP contribution in [-0.2, 0) is 48.0 Å². The summed E-state index contributed by atoms with van der Waals surface area (Å²) in [6.45, 7) is 4.54. The smallest absolute Gasteiger partial charge is 0.245 e. The van der Waals surface area contributed by atoms with Crippen LogP contribution >= 0.6 is 0 Å². The van der Waals surface area contributed by atoms with Gasteiger partial charge in [-0.1, -0.05) is 125 Å². The molecule has 1 saturated carbocycles. The molecule has 0 unspecified atom stereocenters. The highest BCUT2D eigenvalue weighted by Crippen LogP contribution is 2.28. The van der Waals surface area contributed by atoms with E-state index in [0.717, 1.165) is 59.7 Å². The molecule has 6 atom stereocenters. The Bertz CT molecular complexity index is 2230. The molecule has 15 nitrogen and oxygen atoms in total. The Labute approximate surface area is 388 Å². The third-order valence-corrected chi connectivity index (χ3v) is 12.9. The number of nitrogens with one attached hydrogen (secondary N) is 6. The molecule has 6 amide bonds. The number of nitrogens with zero attached hydrogens (tertiary/aromatic N) is 1. The lowest BCUT2D eigenvalue weighted by molar-refractivity contribution is -0.142. The summed E-state index contributed by atoms with van der Waals surface area (Å²) in [7, 11) is 0. The first-order valence-corrected chi connectivity index (χ1v) is 23.8. The van der Waals surface area contributed by atoms with E-state index in [1.54, 1.807) is 6.20 Å². The summed E-state index contributed by atoms with van der Waals surface area (Å²) >= 11 is 0. The number of amides is 6. The van der Waals surface area contributed by atoms with Crippen molar-refractivity contribution in [3.8, 4) is 0 Å². The molecule has 1 saturated heterocycles. The van der Waals surface area contributed by atoms with Gasteiger partial charge in [0.05, 0.1) is 6.04 Å². The second-order valence-corrected chi connectivity index (χ2v) is 18.3. The molecule has 4 aromatic rings. The van der Waals surface area contributed by atoms with Crippen LogP contribution in [0.5, 0.6) is 0 Å². The molecule has 2 heterocycles. The maximum absolute atomic E-state index is 14.7. The van der Waals surface area contributed by atoms with Gasteiger partial charge >= 0.3 is 0 Å². The van der Waals surface area contributed by atoms with Gasteiger partial charge < -0.3 is 47.9 Å². The van der Waals surface area contributed by atoms with Crippen molar-refractivity contribution in [2.45, 2.75) is 140 Å². The van der Waals surface area contributed by atoms with Crippen molar-refractivity contribution < 1.29 is 28.8 Å². The van der Waals surface area contributed by atoms with E-state index in [4.69, 9.17) is 11.5 Å². The van der Waals surface area contributed by atoms with Crippen molar-refractivity contribution in [1.82, 2.24) is 36.5 Å². The highest BCUT2D eigenvalue weighted by atomic mass is 16.2. The van der Waals surface area contributed by atoms with Gasteiger partial charge in [-0.2, -0.15) is 0 Å². The van der Waals surface area contributed by atoms with E-state index >= 15 is 0 Å². The summed E-state index contributed by atoms with van der Waals surface area (Å²) in [5.41, 5.74) is 15.1. The predicted molar refractivity (Wildman–Crippen MR) is 255 cm³/mol. The average molecular weight is 904 g/mol. The lowest BCUT2D eigenvalue weighted by Gasteiger charge is -2.32. The fourth-order valence-electron chi connectivity index (χ4n) is 9.44. The topological polar surface area (TPSA) is 234 Å². The van der Waals surface area contributed by atoms with Gasteiger partial charge in [0.25, 0.3) is 0 Å². The number of para-hydroxylation sites is 1. The number of carbonyl (C=O) groups is 6. The standard InChI is InChI=1S/C51H69N9O6/c1-33(2)55-42(29-35-18-8-4-9-19-35)47(62)56-40(24-14-26-52)51(66)60-27-15-25-45(60)50(65)59-43(30-36-20-10-5-11-21-36)48(63)58-44(31-37-32-54-39-23-13-12-22-38(37)39)49(64)57-41(46(53)61)28-34-16-6-3-7-17-34/h3-4,6-9,12-13,16-19,22-23,32-33,36,40-45,54-55H,5,10-11,14-15,20-21,24-31,52H2,1-2H3,(H2,53,61)(H,56,62)(H,57,64)(H,58,63)(H,59,65)/t40-,41-,42-,43-,44-,45-/m0/s1. The number of hydrogen-bond acceptors (Lipinski definition) is 8. The molecule has 2 aliphatic rings. The monoisotopic (exact) mass is 904 g/mol. The van der Waals surface area contributed by atoms with Gasteiger partial charge in [0.2, 0.25) is 35.4 Å². The van der Waals surface area contributed by atoms with Gasteiger partial charge in [-0.3, -0.25) is 28.8 Å². The molecular formula is C51H69N9O6. The molecule has 66 heavy (non-hydrogen) atoms. The Balaban J connectivity index is 1.21. The minimum absolute atomic E-state index is 0.00189. The molecule has 15 heteroatoms. The van der Waals surface area contributed by atoms with E-state index in [1.165, 1.54) is 4.90 Å². The summed E-state index contributed by atoms with van der Waals surface area (Å²) in [5, 5.41) is 16.0. The summed E-state index contributed by atoms with van der Waals surface area (Å²) in [4.78, 5) is 89.3. The zero-order valence-electron chi connectivity index (χ0n) is 38.4. The van der Waals surface area contributed by atoms with Crippen LogP contribution in [-0.4, -0.2) is 101 Å². The minimum Gasteiger partial charge on any atom is -0.368 e. The number of likely N-dealkylation sites (tertiary alicyclic amines) is 1. The van der Waals surface area contributed by atoms with E-state index < -0.39 is 59.9 Å². The van der Waals surface area contributed by atoms with Crippen LogP contribution in [0.1, 0.15) is 94.7 Å². The Kier molecular flexibility index (Phi) is 18.3. The summed E-state index contributed by atoms with van der Waals surface area (Å²) in [6.07, 6.45) is 9.42. The number of benzene rings is 3. The van der Waals surface area contributed by atoms with Crippen molar-refractivity contribution >= 4 is 46.3 Å². The molecule has 1 aliphatic heterocycles. The third kappa shape index (κ3) is 14.0. The number of fused-ring (bicyclic) bond motifs is 1. The number of H-pyrrole nitrogens is 1. The van der Waals surface area contributed by atoms with Gasteiger partial charge in [0, 0.05) is 42.5 Å². The fourth-order valence-corrected chi connectivity index (χ4v) is 9.44. The van der Waals surface area contributed by atoms with Crippen LogP contribution in [0, 0.1) is 5.92 Å². The van der Waals surface area contributed by atoms with Crippen LogP contribution in [0.15, 0.2) is 91.1 Å². The van der Waals surface area contributed by atoms with Crippen molar-refractivity contribution in [3.05, 3.63) is 108 Å². The Morgan fingerprint density at radius 2 is 1.26 bits per heavy atom. The fraction of sp³-hybridized carbons (Fsp3) is 0.490. The van der Waals surface area contributed by atoms with Gasteiger partial charge in [-0.15, -0.1) is 0 Å². The first-order valence-electron chi connectivity index (χ1n) is 23.8. The number of primary amides is 1. The maximum Gasteiger partial charge on any atom is 0.245 e. The first-order chi connectivity index (χ1) is 31.9. The Hall–Kier alpha value is -6.06. The quantitative estimate of drug-likeness (QED) is 0.0546. The molecule has 0 spiro atoms. The molecular weight excluding hydrogens is 835 g/mol. The van der Waals surface area contributed by atoms with Gasteiger partial charge in [0.1, 0.15) is 30.2 Å². The first kappa shape index (κ1) is 49.4. The molecule has 1 aliphatic carbocycles. The Morgan fingerprint density at radius 1 is 0.667 bits per heavy atom. The number of aromatic amines is 1. The number of aromatic nitrogens is 1. The number of rotatable bonds is 23. The number of hydrogen-bond donors (Lipinski definition) is 8. The van der Waals surface area contributed by atoms with E-state index in [9.17, 15) is 28.8 Å². The largest absolute Gasteiger partial charge is 0.368 e. The van der Waals surface area contributed by atoms with Crippen LogP contribution in [0.3, 0.4) is 0 Å². The second-order valence-electron chi connectivity index (χ2n) is 18.3. The highest BCUT2D eigenvalue weighted by Gasteiger charge is 2.40. The van der Waals surface area contributed by atoms with Gasteiger partial charge in [-0.05, 0) is 73.7 Å². The van der Waals surface area contributed by atoms with Crippen molar-refractivity contribution in [3.63, 3.8) is 0 Å². The maximum atomic E-state index is 14.7. The molecule has 1 aromatic heterocycles. The zero-order chi connectivity index (χ0) is 47.0. The number of carbonyl (C=O) groups excluding carboxylic acids is 6. The van der Waals surface area contributed by atoms with E-state index in [-0.39, 0.29) is 36.6 Å². The molecule has 354 valence electrons. The summed E-state index contributed by atoms with van der Waals surface area (Å²) < 4.78 is 0. The van der Waals surface area contributed by atoms with E-state index in [1.807, 2.05) is 98.8 Å². The second kappa shape index (κ2) is 24.5. The van der Waals surface area contributed by atoms with E-state index in [2.05, 4.69) is 31.6 Å². The predicted octanol–water partition coefficient (Wildman–Crippen LogP) is 3.69. The molecule has 6 rings (SSSR count). The normalized spacial score (nSPS) is 17.6. The summed E-state index contributed by atoms with van der Waals surface area (Å²) in [6, 6.07) is 20.9. The zero-order valence-corrected chi connectivity index (χ0v) is 38.4. The van der Waals surface area contributed by atoms with Crippen molar-refractivity contribution in [1.29, 1.82) is 0 Å².